The van der Waals surface area contributed by atoms with E-state index in [1.165, 1.54) is 0 Å². The van der Waals surface area contributed by atoms with Crippen LogP contribution in [0.3, 0.4) is 0 Å². The Hall–Kier alpha value is -1.61. The fourth-order valence-corrected chi connectivity index (χ4v) is 1.71. The summed E-state index contributed by atoms with van der Waals surface area (Å²) in [6.45, 7) is 1.94. The maximum absolute atomic E-state index is 5.80. The third-order valence-corrected chi connectivity index (χ3v) is 2.67. The molecule has 0 aliphatic carbocycles. The summed E-state index contributed by atoms with van der Waals surface area (Å²) >= 11 is 5.80. The molecule has 0 atom stereocenters. The van der Waals surface area contributed by atoms with Gasteiger partial charge in [-0.2, -0.15) is 0 Å². The summed E-state index contributed by atoms with van der Waals surface area (Å²) in [5.41, 5.74) is 2.72. The van der Waals surface area contributed by atoms with Gasteiger partial charge in [-0.05, 0) is 37.3 Å². The van der Waals surface area contributed by atoms with Gasteiger partial charge in [0.1, 0.15) is 5.75 Å². The van der Waals surface area contributed by atoms with Crippen LogP contribution in [0.5, 0.6) is 5.75 Å². The number of methoxy groups -OCH3 is 1. The summed E-state index contributed by atoms with van der Waals surface area (Å²) in [5.74, 6) is 1.91. The second-order valence-electron chi connectivity index (χ2n) is 3.69. The van der Waals surface area contributed by atoms with Crippen molar-refractivity contribution < 1.29 is 4.74 Å². The molecule has 0 bridgehead atoms. The molecule has 1 heterocycles. The van der Waals surface area contributed by atoms with E-state index in [0.29, 0.717) is 11.7 Å². The Morgan fingerprint density at radius 2 is 1.88 bits per heavy atom. The molecule has 1 aromatic heterocycles. The van der Waals surface area contributed by atoms with Gasteiger partial charge in [0.05, 0.1) is 18.7 Å². The molecule has 88 valence electrons. The highest BCUT2D eigenvalue weighted by atomic mass is 35.5. The second kappa shape index (κ2) is 5.15. The fraction of sp³-hybridized carbons (Fsp3) is 0.231. The van der Waals surface area contributed by atoms with Crippen LogP contribution < -0.4 is 4.74 Å². The van der Waals surface area contributed by atoms with Crippen molar-refractivity contribution in [3.8, 4) is 17.1 Å². The van der Waals surface area contributed by atoms with Gasteiger partial charge >= 0.3 is 0 Å². The predicted molar refractivity (Wildman–Crippen MR) is 68.3 cm³/mol. The first-order valence-corrected chi connectivity index (χ1v) is 5.81. The van der Waals surface area contributed by atoms with Crippen molar-refractivity contribution in [2.45, 2.75) is 12.8 Å². The summed E-state index contributed by atoms with van der Waals surface area (Å²) in [4.78, 5) is 8.79. The van der Waals surface area contributed by atoms with Crippen LogP contribution in [0.4, 0.5) is 0 Å². The van der Waals surface area contributed by atoms with Crippen LogP contribution >= 0.6 is 11.6 Å². The van der Waals surface area contributed by atoms with E-state index in [1.54, 1.807) is 7.11 Å². The van der Waals surface area contributed by atoms with Crippen LogP contribution in [-0.4, -0.2) is 17.1 Å². The smallest absolute Gasteiger partial charge is 0.159 e. The molecule has 17 heavy (non-hydrogen) atoms. The molecule has 0 spiro atoms. The standard InChI is InChI=1S/C13H13ClN2O/c1-9-7-11(8-14)16-13(15-9)10-3-5-12(17-2)6-4-10/h3-7H,8H2,1-2H3. The van der Waals surface area contributed by atoms with Gasteiger partial charge in [0.2, 0.25) is 0 Å². The van der Waals surface area contributed by atoms with Gasteiger partial charge in [-0.15, -0.1) is 11.6 Å². The Morgan fingerprint density at radius 1 is 1.18 bits per heavy atom. The van der Waals surface area contributed by atoms with E-state index in [0.717, 1.165) is 22.7 Å². The van der Waals surface area contributed by atoms with E-state index in [9.17, 15) is 0 Å². The molecule has 0 radical (unpaired) electrons. The van der Waals surface area contributed by atoms with Gasteiger partial charge < -0.3 is 4.74 Å². The Kier molecular flexibility index (Phi) is 3.59. The predicted octanol–water partition coefficient (Wildman–Crippen LogP) is 3.20. The molecule has 0 saturated carbocycles. The van der Waals surface area contributed by atoms with Crippen molar-refractivity contribution in [1.82, 2.24) is 9.97 Å². The Morgan fingerprint density at radius 3 is 2.47 bits per heavy atom. The Balaban J connectivity index is 2.41. The quantitative estimate of drug-likeness (QED) is 0.783. The van der Waals surface area contributed by atoms with Crippen LogP contribution in [0.1, 0.15) is 11.4 Å². The zero-order valence-corrected chi connectivity index (χ0v) is 10.5. The average Bonchev–Trinajstić information content (AvgIpc) is 2.38. The van der Waals surface area contributed by atoms with Gasteiger partial charge in [-0.25, -0.2) is 9.97 Å². The summed E-state index contributed by atoms with van der Waals surface area (Å²) in [6, 6.07) is 9.54. The molecule has 2 aromatic rings. The lowest BCUT2D eigenvalue weighted by molar-refractivity contribution is 0.415. The lowest BCUT2D eigenvalue weighted by Gasteiger charge is -2.05. The molecule has 0 fully saturated rings. The molecule has 3 nitrogen and oxygen atoms in total. The molecule has 0 amide bonds. The summed E-state index contributed by atoms with van der Waals surface area (Å²) < 4.78 is 5.11. The highest BCUT2D eigenvalue weighted by molar-refractivity contribution is 6.16. The van der Waals surface area contributed by atoms with Gasteiger partial charge in [0.15, 0.2) is 5.82 Å². The molecule has 2 rings (SSSR count). The van der Waals surface area contributed by atoms with E-state index < -0.39 is 0 Å². The van der Waals surface area contributed by atoms with E-state index in [1.807, 2.05) is 37.3 Å². The number of hydrogen-bond donors (Lipinski definition) is 0. The normalized spacial score (nSPS) is 10.3. The van der Waals surface area contributed by atoms with Crippen LogP contribution in [0, 0.1) is 6.92 Å². The first-order valence-electron chi connectivity index (χ1n) is 5.28. The number of nitrogens with zero attached hydrogens (tertiary/aromatic N) is 2. The average molecular weight is 249 g/mol. The zero-order valence-electron chi connectivity index (χ0n) is 9.77. The minimum absolute atomic E-state index is 0.395. The van der Waals surface area contributed by atoms with Crippen LogP contribution in [0.15, 0.2) is 30.3 Å². The van der Waals surface area contributed by atoms with Crippen molar-refractivity contribution >= 4 is 11.6 Å². The number of alkyl halides is 1. The topological polar surface area (TPSA) is 35.0 Å². The molecular weight excluding hydrogens is 236 g/mol. The summed E-state index contributed by atoms with van der Waals surface area (Å²) in [7, 11) is 1.64. The largest absolute Gasteiger partial charge is 0.497 e. The van der Waals surface area contributed by atoms with Crippen LogP contribution in [-0.2, 0) is 5.88 Å². The Labute approximate surface area is 105 Å². The number of benzene rings is 1. The number of aromatic nitrogens is 2. The minimum atomic E-state index is 0.395. The van der Waals surface area contributed by atoms with E-state index in [-0.39, 0.29) is 0 Å². The van der Waals surface area contributed by atoms with E-state index in [4.69, 9.17) is 16.3 Å². The molecule has 0 unspecified atom stereocenters. The van der Waals surface area contributed by atoms with Gasteiger partial charge in [0, 0.05) is 11.3 Å². The van der Waals surface area contributed by atoms with Crippen LogP contribution in [0.2, 0.25) is 0 Å². The maximum atomic E-state index is 5.80. The number of hydrogen-bond acceptors (Lipinski definition) is 3. The number of rotatable bonds is 3. The molecular formula is C13H13ClN2O. The van der Waals surface area contributed by atoms with Gasteiger partial charge in [0.25, 0.3) is 0 Å². The van der Waals surface area contributed by atoms with Crippen molar-refractivity contribution in [3.63, 3.8) is 0 Å². The summed E-state index contributed by atoms with van der Waals surface area (Å²) in [5, 5.41) is 0. The number of aryl methyl sites for hydroxylation is 1. The first kappa shape index (κ1) is 11.9. The SMILES string of the molecule is COc1ccc(-c2nc(C)cc(CCl)n2)cc1. The zero-order chi connectivity index (χ0) is 12.3. The molecule has 0 saturated heterocycles. The van der Waals surface area contributed by atoms with Crippen LogP contribution in [0.25, 0.3) is 11.4 Å². The molecule has 0 aliphatic heterocycles. The monoisotopic (exact) mass is 248 g/mol. The van der Waals surface area contributed by atoms with Gasteiger partial charge in [-0.1, -0.05) is 0 Å². The Bertz CT molecular complexity index is 511. The fourth-order valence-electron chi connectivity index (χ4n) is 1.57. The lowest BCUT2D eigenvalue weighted by atomic mass is 10.2. The highest BCUT2D eigenvalue weighted by Gasteiger charge is 2.04. The molecule has 4 heteroatoms. The molecule has 0 N–H and O–H groups in total. The minimum Gasteiger partial charge on any atom is -0.497 e. The van der Waals surface area contributed by atoms with Crippen molar-refractivity contribution in [3.05, 3.63) is 41.7 Å². The summed E-state index contributed by atoms with van der Waals surface area (Å²) in [6.07, 6.45) is 0. The maximum Gasteiger partial charge on any atom is 0.159 e. The van der Waals surface area contributed by atoms with Crippen molar-refractivity contribution in [1.29, 1.82) is 0 Å². The third-order valence-electron chi connectivity index (χ3n) is 2.39. The lowest BCUT2D eigenvalue weighted by Crippen LogP contribution is -1.96. The molecule has 1 aromatic carbocycles. The molecule has 0 aliphatic rings. The van der Waals surface area contributed by atoms with Crippen molar-refractivity contribution in [2.75, 3.05) is 7.11 Å². The van der Waals surface area contributed by atoms with Crippen molar-refractivity contribution in [2.24, 2.45) is 0 Å². The first-order chi connectivity index (χ1) is 8.22. The number of ether oxygens (including phenoxy) is 1. The van der Waals surface area contributed by atoms with Gasteiger partial charge in [-0.3, -0.25) is 0 Å². The highest BCUT2D eigenvalue weighted by Crippen LogP contribution is 2.20. The van der Waals surface area contributed by atoms with E-state index >= 15 is 0 Å². The number of halogens is 1. The van der Waals surface area contributed by atoms with E-state index in [2.05, 4.69) is 9.97 Å². The second-order valence-corrected chi connectivity index (χ2v) is 3.95. The third kappa shape index (κ3) is 2.74.